The van der Waals surface area contributed by atoms with Crippen molar-refractivity contribution in [3.8, 4) is 17.2 Å². The quantitative estimate of drug-likeness (QED) is 0.453. The second-order valence-electron chi connectivity index (χ2n) is 11.0. The van der Waals surface area contributed by atoms with Gasteiger partial charge < -0.3 is 16.4 Å². The van der Waals surface area contributed by atoms with Gasteiger partial charge in [0.2, 0.25) is 11.8 Å². The van der Waals surface area contributed by atoms with Gasteiger partial charge in [-0.2, -0.15) is 18.4 Å². The summed E-state index contributed by atoms with van der Waals surface area (Å²) in [5, 5.41) is 9.71. The molecule has 2 fully saturated rings. The predicted molar refractivity (Wildman–Crippen MR) is 133 cm³/mol. The van der Waals surface area contributed by atoms with Gasteiger partial charge in [0.25, 0.3) is 0 Å². The van der Waals surface area contributed by atoms with E-state index in [0.717, 1.165) is 11.1 Å². The zero-order chi connectivity index (χ0) is 28.1. The number of hydrogen-bond donors (Lipinski definition) is 2. The van der Waals surface area contributed by atoms with Crippen LogP contribution in [0.25, 0.3) is 11.1 Å². The van der Waals surface area contributed by atoms with E-state index in [0.29, 0.717) is 23.3 Å². The largest absolute Gasteiger partial charge is 0.413 e. The Morgan fingerprint density at radius 1 is 0.974 bits per heavy atom. The van der Waals surface area contributed by atoms with Gasteiger partial charge >= 0.3 is 6.18 Å². The van der Waals surface area contributed by atoms with Crippen LogP contribution in [0.5, 0.6) is 0 Å². The Labute approximate surface area is 218 Å². The number of benzene rings is 2. The number of carbonyl (C=O) groups excluding carboxylic acids is 2. The van der Waals surface area contributed by atoms with Gasteiger partial charge in [-0.15, -0.1) is 0 Å². The summed E-state index contributed by atoms with van der Waals surface area (Å²) < 4.78 is 57.7. The molecule has 38 heavy (non-hydrogen) atoms. The molecule has 0 unspecified atom stereocenters. The van der Waals surface area contributed by atoms with Gasteiger partial charge in [0.1, 0.15) is 11.2 Å². The van der Waals surface area contributed by atoms with E-state index in [9.17, 15) is 32.4 Å². The number of nitrogens with two attached hydrogens (primary N) is 2. The van der Waals surface area contributed by atoms with Gasteiger partial charge in [0, 0.05) is 6.42 Å². The highest BCUT2D eigenvalue weighted by atomic mass is 19.4. The molecule has 4 rings (SSSR count). The number of nitriles is 1. The van der Waals surface area contributed by atoms with Crippen LogP contribution in [0, 0.1) is 11.3 Å². The minimum Gasteiger partial charge on any atom is -0.369 e. The van der Waals surface area contributed by atoms with E-state index in [2.05, 4.69) is 0 Å². The monoisotopic (exact) mass is 530 g/mol. The molecule has 202 valence electrons. The molecular formula is C28H30F4N4O2. The Bertz CT molecular complexity index is 1250. The van der Waals surface area contributed by atoms with Crippen molar-refractivity contribution in [1.82, 2.24) is 4.90 Å². The first kappa shape index (κ1) is 27.6. The normalized spacial score (nSPS) is 19.1. The fraction of sp³-hybridized carbons (Fsp3) is 0.464. The lowest BCUT2D eigenvalue weighted by atomic mass is 9.92. The summed E-state index contributed by atoms with van der Waals surface area (Å²) in [5.41, 5.74) is 9.14. The Morgan fingerprint density at radius 3 is 1.84 bits per heavy atom. The standard InChI is InChI=1S/C28H30F4N4O2/c1-25(2,29)15-21(34)23(37)36(26(16-33)11-12-26)22(28(30,31)32)19-5-3-17(4-6-19)18-7-9-20(10-8-18)27(13-14-27)24(35)38/h3-10,21-22H,11-15,34H2,1-2H3,(H2,35,38)/t21-,22-/m0/s1. The second kappa shape index (κ2) is 9.38. The van der Waals surface area contributed by atoms with E-state index < -0.39 is 47.2 Å². The lowest BCUT2D eigenvalue weighted by Gasteiger charge is -2.38. The summed E-state index contributed by atoms with van der Waals surface area (Å²) in [6.45, 7) is 2.37. The summed E-state index contributed by atoms with van der Waals surface area (Å²) in [6, 6.07) is 10.6. The SMILES string of the molecule is CC(C)(F)C[C@H](N)C(=O)N([C@@H](c1ccc(-c2ccc(C3(C(N)=O)CC3)cc2)cc1)C(F)(F)F)C1(C#N)CC1. The van der Waals surface area contributed by atoms with Gasteiger partial charge in [-0.3, -0.25) is 9.59 Å². The van der Waals surface area contributed by atoms with Crippen molar-refractivity contribution in [3.63, 3.8) is 0 Å². The highest BCUT2D eigenvalue weighted by Gasteiger charge is 2.60. The van der Waals surface area contributed by atoms with Crippen LogP contribution >= 0.6 is 0 Å². The first-order chi connectivity index (χ1) is 17.6. The maximum absolute atomic E-state index is 14.5. The summed E-state index contributed by atoms with van der Waals surface area (Å²) in [4.78, 5) is 25.5. The molecule has 2 aliphatic rings. The molecule has 6 nitrogen and oxygen atoms in total. The minimum absolute atomic E-state index is 0.0742. The lowest BCUT2D eigenvalue weighted by Crippen LogP contribution is -2.55. The molecule has 2 saturated carbocycles. The lowest BCUT2D eigenvalue weighted by molar-refractivity contribution is -0.198. The van der Waals surface area contributed by atoms with Crippen LogP contribution in [0.15, 0.2) is 48.5 Å². The van der Waals surface area contributed by atoms with Gasteiger partial charge in [-0.05, 0) is 61.8 Å². The fourth-order valence-electron chi connectivity index (χ4n) is 5.03. The topological polar surface area (TPSA) is 113 Å². The minimum atomic E-state index is -4.91. The molecule has 10 heteroatoms. The number of primary amides is 1. The molecule has 2 atom stereocenters. The number of rotatable bonds is 9. The van der Waals surface area contributed by atoms with E-state index >= 15 is 0 Å². The van der Waals surface area contributed by atoms with Crippen LogP contribution in [0.2, 0.25) is 0 Å². The van der Waals surface area contributed by atoms with Crippen LogP contribution in [-0.4, -0.2) is 40.1 Å². The number of nitrogens with zero attached hydrogens (tertiary/aromatic N) is 2. The number of amides is 2. The molecule has 2 aliphatic carbocycles. The highest BCUT2D eigenvalue weighted by Crippen LogP contribution is 2.51. The van der Waals surface area contributed by atoms with Crippen molar-refractivity contribution < 1.29 is 27.2 Å². The third-order valence-corrected chi connectivity index (χ3v) is 7.44. The molecule has 0 heterocycles. The Morgan fingerprint density at radius 2 is 1.47 bits per heavy atom. The summed E-state index contributed by atoms with van der Waals surface area (Å²) in [7, 11) is 0. The zero-order valence-corrected chi connectivity index (χ0v) is 21.2. The third kappa shape index (κ3) is 5.25. The number of carbonyl (C=O) groups is 2. The molecule has 2 aromatic carbocycles. The molecule has 0 aliphatic heterocycles. The zero-order valence-electron chi connectivity index (χ0n) is 21.2. The summed E-state index contributed by atoms with van der Waals surface area (Å²) >= 11 is 0. The van der Waals surface area contributed by atoms with Gasteiger partial charge in [-0.1, -0.05) is 48.5 Å². The summed E-state index contributed by atoms with van der Waals surface area (Å²) in [6.07, 6.45) is -3.89. The van der Waals surface area contributed by atoms with Crippen LogP contribution in [-0.2, 0) is 15.0 Å². The first-order valence-corrected chi connectivity index (χ1v) is 12.4. The average Bonchev–Trinajstić information content (AvgIpc) is 3.75. The van der Waals surface area contributed by atoms with Crippen LogP contribution in [0.4, 0.5) is 17.6 Å². The predicted octanol–water partition coefficient (Wildman–Crippen LogP) is 4.82. The van der Waals surface area contributed by atoms with Crippen LogP contribution in [0.3, 0.4) is 0 Å². The van der Waals surface area contributed by atoms with Crippen molar-refractivity contribution in [2.45, 2.75) is 80.8 Å². The average molecular weight is 531 g/mol. The highest BCUT2D eigenvalue weighted by molar-refractivity contribution is 5.90. The summed E-state index contributed by atoms with van der Waals surface area (Å²) in [5.74, 6) is -1.49. The molecule has 0 saturated heterocycles. The maximum atomic E-state index is 14.5. The first-order valence-electron chi connectivity index (χ1n) is 12.4. The number of alkyl halides is 4. The second-order valence-corrected chi connectivity index (χ2v) is 11.0. The fourth-order valence-corrected chi connectivity index (χ4v) is 5.03. The van der Waals surface area contributed by atoms with Crippen molar-refractivity contribution in [3.05, 3.63) is 59.7 Å². The molecule has 0 spiro atoms. The Hall–Kier alpha value is -3.45. The molecule has 4 N–H and O–H groups in total. The number of halogens is 4. The molecule has 2 aromatic rings. The number of hydrogen-bond acceptors (Lipinski definition) is 4. The van der Waals surface area contributed by atoms with E-state index in [1.165, 1.54) is 38.1 Å². The molecule has 0 radical (unpaired) electrons. The van der Waals surface area contributed by atoms with E-state index in [-0.39, 0.29) is 24.3 Å². The third-order valence-electron chi connectivity index (χ3n) is 7.44. The van der Waals surface area contributed by atoms with Gasteiger partial charge in [0.05, 0.1) is 17.5 Å². The maximum Gasteiger partial charge on any atom is 0.413 e. The van der Waals surface area contributed by atoms with Crippen molar-refractivity contribution in [1.29, 1.82) is 5.26 Å². The molecule has 0 bridgehead atoms. The smallest absolute Gasteiger partial charge is 0.369 e. The van der Waals surface area contributed by atoms with E-state index in [1.54, 1.807) is 24.3 Å². The van der Waals surface area contributed by atoms with Crippen molar-refractivity contribution >= 4 is 11.8 Å². The van der Waals surface area contributed by atoms with Crippen molar-refractivity contribution in [2.24, 2.45) is 11.5 Å². The van der Waals surface area contributed by atoms with Crippen LogP contribution < -0.4 is 11.5 Å². The molecule has 0 aromatic heterocycles. The van der Waals surface area contributed by atoms with E-state index in [1.807, 2.05) is 6.07 Å². The molecule has 2 amide bonds. The van der Waals surface area contributed by atoms with Gasteiger partial charge in [0.15, 0.2) is 6.04 Å². The van der Waals surface area contributed by atoms with E-state index in [4.69, 9.17) is 11.5 Å². The Balaban J connectivity index is 1.66. The van der Waals surface area contributed by atoms with Crippen molar-refractivity contribution in [2.75, 3.05) is 0 Å². The van der Waals surface area contributed by atoms with Gasteiger partial charge in [-0.25, -0.2) is 4.39 Å². The molecular weight excluding hydrogens is 500 g/mol. The van der Waals surface area contributed by atoms with Crippen LogP contribution in [0.1, 0.15) is 63.1 Å². The Kier molecular flexibility index (Phi) is 6.81.